The summed E-state index contributed by atoms with van der Waals surface area (Å²) in [6.45, 7) is 1.89. The zero-order chi connectivity index (χ0) is 8.48. The van der Waals surface area contributed by atoms with E-state index in [1.807, 2.05) is 13.0 Å². The molecule has 1 heterocycles. The van der Waals surface area contributed by atoms with E-state index < -0.39 is 9.84 Å². The molecule has 0 spiro atoms. The molecule has 0 aliphatic carbocycles. The number of rotatable bonds is 2. The minimum absolute atomic E-state index is 0.0981. The zero-order valence-electron chi connectivity index (χ0n) is 6.59. The highest BCUT2D eigenvalue weighted by molar-refractivity contribution is 7.89. The Morgan fingerprint density at radius 2 is 2.09 bits per heavy atom. The van der Waals surface area contributed by atoms with Crippen molar-refractivity contribution in [1.29, 1.82) is 0 Å². The lowest BCUT2D eigenvalue weighted by Gasteiger charge is -1.93. The summed E-state index contributed by atoms with van der Waals surface area (Å²) in [5.74, 6) is 0.0981. The van der Waals surface area contributed by atoms with Crippen LogP contribution in [0.25, 0.3) is 0 Å². The Kier molecular flexibility index (Phi) is 2.04. The van der Waals surface area contributed by atoms with Crippen LogP contribution in [0.3, 0.4) is 0 Å². The molecule has 0 fully saturated rings. The van der Waals surface area contributed by atoms with Crippen molar-refractivity contribution in [2.75, 3.05) is 6.26 Å². The lowest BCUT2D eigenvalue weighted by molar-refractivity contribution is 0.600. The van der Waals surface area contributed by atoms with Crippen LogP contribution in [0.4, 0.5) is 0 Å². The van der Waals surface area contributed by atoms with E-state index in [2.05, 4.69) is 4.98 Å². The molecule has 1 N–H and O–H groups in total. The lowest BCUT2D eigenvalue weighted by atomic mass is 10.5. The number of sulfone groups is 1. The molecule has 0 amide bonds. The molecule has 0 saturated heterocycles. The van der Waals surface area contributed by atoms with Gasteiger partial charge in [-0.2, -0.15) is 0 Å². The third kappa shape index (κ3) is 2.76. The summed E-state index contributed by atoms with van der Waals surface area (Å²) >= 11 is 0. The summed E-state index contributed by atoms with van der Waals surface area (Å²) in [6, 6.07) is 3.65. The highest BCUT2D eigenvalue weighted by Crippen LogP contribution is 2.03. The van der Waals surface area contributed by atoms with Gasteiger partial charge in [-0.05, 0) is 19.1 Å². The largest absolute Gasteiger partial charge is 0.362 e. The Bertz CT molecular complexity index is 337. The molecular formula is C7H11NO2S. The Morgan fingerprint density at radius 3 is 2.45 bits per heavy atom. The fourth-order valence-electron chi connectivity index (χ4n) is 0.929. The van der Waals surface area contributed by atoms with Crippen molar-refractivity contribution in [3.8, 4) is 0 Å². The molecule has 62 valence electrons. The first-order valence-electron chi connectivity index (χ1n) is 3.29. The van der Waals surface area contributed by atoms with E-state index >= 15 is 0 Å². The number of H-pyrrole nitrogens is 1. The van der Waals surface area contributed by atoms with Crippen LogP contribution in [-0.2, 0) is 15.6 Å². The van der Waals surface area contributed by atoms with E-state index in [-0.39, 0.29) is 5.75 Å². The van der Waals surface area contributed by atoms with Gasteiger partial charge in [-0.25, -0.2) is 8.42 Å². The highest BCUT2D eigenvalue weighted by atomic mass is 32.2. The summed E-state index contributed by atoms with van der Waals surface area (Å²) in [4.78, 5) is 2.95. The van der Waals surface area contributed by atoms with E-state index in [1.165, 1.54) is 6.26 Å². The maximum atomic E-state index is 10.8. The molecule has 0 aromatic carbocycles. The Balaban J connectivity index is 2.81. The molecule has 0 aliphatic rings. The molecule has 1 aromatic heterocycles. The molecule has 0 unspecified atom stereocenters. The first-order valence-corrected chi connectivity index (χ1v) is 5.36. The highest BCUT2D eigenvalue weighted by Gasteiger charge is 2.04. The van der Waals surface area contributed by atoms with Crippen LogP contribution in [0, 0.1) is 6.92 Å². The SMILES string of the molecule is Cc1ccc(CS(C)(=O)=O)[nH]1. The molecule has 1 rings (SSSR count). The number of hydrogen-bond donors (Lipinski definition) is 1. The van der Waals surface area contributed by atoms with Gasteiger partial charge in [0, 0.05) is 17.6 Å². The normalized spacial score (nSPS) is 11.8. The van der Waals surface area contributed by atoms with Crippen LogP contribution in [0.15, 0.2) is 12.1 Å². The van der Waals surface area contributed by atoms with E-state index in [1.54, 1.807) is 6.07 Å². The van der Waals surface area contributed by atoms with Gasteiger partial charge in [0.05, 0.1) is 5.75 Å². The van der Waals surface area contributed by atoms with Gasteiger partial charge < -0.3 is 4.98 Å². The minimum atomic E-state index is -2.90. The number of aryl methyl sites for hydroxylation is 1. The van der Waals surface area contributed by atoms with Crippen molar-refractivity contribution < 1.29 is 8.42 Å². The number of aromatic amines is 1. The van der Waals surface area contributed by atoms with E-state index in [0.29, 0.717) is 0 Å². The maximum Gasteiger partial charge on any atom is 0.153 e. The van der Waals surface area contributed by atoms with Crippen LogP contribution in [-0.4, -0.2) is 19.7 Å². The van der Waals surface area contributed by atoms with Gasteiger partial charge in [-0.15, -0.1) is 0 Å². The third-order valence-corrected chi connectivity index (χ3v) is 2.15. The summed E-state index contributed by atoms with van der Waals surface area (Å²) < 4.78 is 21.6. The van der Waals surface area contributed by atoms with Crippen LogP contribution in [0.1, 0.15) is 11.4 Å². The van der Waals surface area contributed by atoms with E-state index in [0.717, 1.165) is 11.4 Å². The predicted molar refractivity (Wildman–Crippen MR) is 44.1 cm³/mol. The van der Waals surface area contributed by atoms with Gasteiger partial charge in [-0.1, -0.05) is 0 Å². The monoisotopic (exact) mass is 173 g/mol. The standard InChI is InChI=1S/C7H11NO2S/c1-6-3-4-7(8-6)5-11(2,9)10/h3-4,8H,5H2,1-2H3. The van der Waals surface area contributed by atoms with Crippen LogP contribution < -0.4 is 0 Å². The first kappa shape index (κ1) is 8.33. The zero-order valence-corrected chi connectivity index (χ0v) is 7.40. The molecule has 0 bridgehead atoms. The molecule has 0 aliphatic heterocycles. The smallest absolute Gasteiger partial charge is 0.153 e. The summed E-state index contributed by atoms with van der Waals surface area (Å²) in [6.07, 6.45) is 1.23. The molecular weight excluding hydrogens is 162 g/mol. The van der Waals surface area contributed by atoms with Gasteiger partial charge in [0.2, 0.25) is 0 Å². The molecule has 3 nitrogen and oxygen atoms in total. The molecule has 0 atom stereocenters. The average molecular weight is 173 g/mol. The van der Waals surface area contributed by atoms with Crippen LogP contribution >= 0.6 is 0 Å². The van der Waals surface area contributed by atoms with Crippen molar-refractivity contribution in [1.82, 2.24) is 4.98 Å². The van der Waals surface area contributed by atoms with Gasteiger partial charge in [0.15, 0.2) is 9.84 Å². The van der Waals surface area contributed by atoms with Crippen LogP contribution in [0.5, 0.6) is 0 Å². The minimum Gasteiger partial charge on any atom is -0.362 e. The fourth-order valence-corrected chi connectivity index (χ4v) is 1.66. The maximum absolute atomic E-state index is 10.8. The summed E-state index contributed by atoms with van der Waals surface area (Å²) in [5, 5.41) is 0. The Hall–Kier alpha value is -0.770. The molecule has 4 heteroatoms. The molecule has 11 heavy (non-hydrogen) atoms. The topological polar surface area (TPSA) is 49.9 Å². The van der Waals surface area contributed by atoms with Gasteiger partial charge in [-0.3, -0.25) is 0 Å². The van der Waals surface area contributed by atoms with Crippen molar-refractivity contribution in [2.24, 2.45) is 0 Å². The number of hydrogen-bond acceptors (Lipinski definition) is 2. The van der Waals surface area contributed by atoms with Crippen molar-refractivity contribution in [3.05, 3.63) is 23.5 Å². The van der Waals surface area contributed by atoms with Gasteiger partial charge in [0.1, 0.15) is 0 Å². The summed E-state index contributed by atoms with van der Waals surface area (Å²) in [5.41, 5.74) is 1.74. The second-order valence-electron chi connectivity index (χ2n) is 2.74. The van der Waals surface area contributed by atoms with Gasteiger partial charge in [0.25, 0.3) is 0 Å². The van der Waals surface area contributed by atoms with E-state index in [9.17, 15) is 8.42 Å². The second-order valence-corrected chi connectivity index (χ2v) is 4.88. The second kappa shape index (κ2) is 2.70. The molecule has 1 aromatic rings. The van der Waals surface area contributed by atoms with Crippen LogP contribution in [0.2, 0.25) is 0 Å². The Morgan fingerprint density at radius 1 is 1.45 bits per heavy atom. The Labute approximate surface area is 66.4 Å². The van der Waals surface area contributed by atoms with E-state index in [4.69, 9.17) is 0 Å². The number of aromatic nitrogens is 1. The van der Waals surface area contributed by atoms with Crippen molar-refractivity contribution in [3.63, 3.8) is 0 Å². The van der Waals surface area contributed by atoms with Gasteiger partial charge >= 0.3 is 0 Å². The quantitative estimate of drug-likeness (QED) is 0.721. The predicted octanol–water partition coefficient (Wildman–Crippen LogP) is 0.868. The molecule has 0 saturated carbocycles. The number of nitrogens with one attached hydrogen (secondary N) is 1. The third-order valence-electron chi connectivity index (χ3n) is 1.31. The van der Waals surface area contributed by atoms with Crippen molar-refractivity contribution >= 4 is 9.84 Å². The molecule has 0 radical (unpaired) electrons. The van der Waals surface area contributed by atoms with Crippen molar-refractivity contribution in [2.45, 2.75) is 12.7 Å². The summed E-state index contributed by atoms with van der Waals surface area (Å²) in [7, 11) is -2.90. The fraction of sp³-hybridized carbons (Fsp3) is 0.429. The average Bonchev–Trinajstić information content (AvgIpc) is 2.10. The first-order chi connectivity index (χ1) is 4.97. The lowest BCUT2D eigenvalue weighted by Crippen LogP contribution is -2.00.